The molecule has 0 heterocycles. The summed E-state index contributed by atoms with van der Waals surface area (Å²) >= 11 is 0. The van der Waals surface area contributed by atoms with Crippen molar-refractivity contribution in [2.24, 2.45) is 5.92 Å². The van der Waals surface area contributed by atoms with Crippen molar-refractivity contribution in [3.05, 3.63) is 0 Å². The number of rotatable bonds is 3. The van der Waals surface area contributed by atoms with E-state index in [0.717, 1.165) is 6.54 Å². The second-order valence-electron chi connectivity index (χ2n) is 3.10. The monoisotopic (exact) mass is 158 g/mol. The van der Waals surface area contributed by atoms with Crippen LogP contribution in [0.5, 0.6) is 0 Å². The minimum absolute atomic E-state index is 0.249. The smallest absolute Gasteiger partial charge is 0.189 e. The maximum absolute atomic E-state index is 11.0. The Hall–Kier alpha value is -0.313. The zero-order valence-electron chi connectivity index (χ0n) is 7.19. The molecule has 0 bridgehead atoms. The third-order valence-electron chi connectivity index (χ3n) is 1.12. The second kappa shape index (κ2) is 4.49. The number of amides is 1. The Balaban J connectivity index is 3.40. The molecule has 0 atom stereocenters. The van der Waals surface area contributed by atoms with E-state index >= 15 is 0 Å². The fraction of sp³-hybridized carbons (Fsp3) is 0.857. The molecule has 0 aliphatic carbocycles. The van der Waals surface area contributed by atoms with Crippen LogP contribution >= 0.6 is 0 Å². The van der Waals surface area contributed by atoms with Gasteiger partial charge in [0.2, 0.25) is 0 Å². The third kappa shape index (κ3) is 4.55. The molecule has 1 N–H and O–H groups in total. The number of nitrogens with one attached hydrogen (secondary N) is 1. The van der Waals surface area contributed by atoms with Crippen molar-refractivity contribution in [3.63, 3.8) is 0 Å². The summed E-state index contributed by atoms with van der Waals surface area (Å²) in [5.41, 5.74) is 0.249. The second-order valence-corrected chi connectivity index (χ2v) is 5.56. The molecule has 59 valence electrons. The van der Waals surface area contributed by atoms with Gasteiger partial charge < -0.3 is 5.32 Å². The van der Waals surface area contributed by atoms with Gasteiger partial charge in [-0.15, -0.1) is 0 Å². The van der Waals surface area contributed by atoms with Crippen LogP contribution in [0.4, 0.5) is 4.79 Å². The largest absolute Gasteiger partial charge is 0.361 e. The maximum atomic E-state index is 11.0. The molecule has 0 unspecified atom stereocenters. The topological polar surface area (TPSA) is 29.1 Å². The lowest BCUT2D eigenvalue weighted by molar-refractivity contribution is 0.257. The average Bonchev–Trinajstić information content (AvgIpc) is 1.82. The van der Waals surface area contributed by atoms with Gasteiger partial charge in [-0.25, -0.2) is 0 Å². The van der Waals surface area contributed by atoms with Crippen LogP contribution in [0.15, 0.2) is 0 Å². The van der Waals surface area contributed by atoms with Crippen LogP contribution in [0.25, 0.3) is 0 Å². The average molecular weight is 158 g/mol. The molecule has 0 aromatic rings. The van der Waals surface area contributed by atoms with E-state index in [2.05, 4.69) is 19.2 Å². The molecule has 0 spiro atoms. The summed E-state index contributed by atoms with van der Waals surface area (Å²) in [6.07, 6.45) is 0. The van der Waals surface area contributed by atoms with E-state index in [1.54, 1.807) is 0 Å². The Morgan fingerprint density at radius 2 is 2.00 bits per heavy atom. The van der Waals surface area contributed by atoms with E-state index in [1.165, 1.54) is 0 Å². The first kappa shape index (κ1) is 9.69. The van der Waals surface area contributed by atoms with Crippen LogP contribution in [0, 0.1) is 5.92 Å². The summed E-state index contributed by atoms with van der Waals surface area (Å²) in [5.74, 6) is 0.560. The van der Waals surface area contributed by atoms with Gasteiger partial charge >= 0.3 is 0 Å². The Morgan fingerprint density at radius 1 is 1.50 bits per heavy atom. The predicted octanol–water partition coefficient (Wildman–Crippen LogP) is 1.69. The third-order valence-corrected chi connectivity index (χ3v) is 2.21. The highest BCUT2D eigenvalue weighted by Crippen LogP contribution is 1.88. The standard InChI is InChI=1S/C7H16NOSi/c1-6(2)5-8-7(9)10(3)4/h6H,5H2,1-4H3,(H,8,9). The highest BCUT2D eigenvalue weighted by atomic mass is 28.3. The van der Waals surface area contributed by atoms with Crippen LogP contribution < -0.4 is 5.32 Å². The van der Waals surface area contributed by atoms with Gasteiger partial charge in [0.1, 0.15) is 0 Å². The predicted molar refractivity (Wildman–Crippen MR) is 45.7 cm³/mol. The minimum Gasteiger partial charge on any atom is -0.361 e. The van der Waals surface area contributed by atoms with Crippen LogP contribution in [-0.4, -0.2) is 20.9 Å². The van der Waals surface area contributed by atoms with Gasteiger partial charge in [0.05, 0.1) is 0 Å². The highest BCUT2D eigenvalue weighted by molar-refractivity contribution is 6.87. The normalized spacial score (nSPS) is 10.6. The van der Waals surface area contributed by atoms with Gasteiger partial charge in [0, 0.05) is 6.54 Å². The molecule has 0 aliphatic rings. The van der Waals surface area contributed by atoms with E-state index in [-0.39, 0.29) is 5.53 Å². The summed E-state index contributed by atoms with van der Waals surface area (Å²) < 4.78 is 0. The number of carbonyl (C=O) groups is 1. The molecule has 1 amide bonds. The Kier molecular flexibility index (Phi) is 4.35. The first-order valence-corrected chi connectivity index (χ1v) is 6.12. The van der Waals surface area contributed by atoms with E-state index in [1.807, 2.05) is 13.1 Å². The Bertz CT molecular complexity index is 112. The van der Waals surface area contributed by atoms with E-state index in [0.29, 0.717) is 5.92 Å². The van der Waals surface area contributed by atoms with Crippen molar-refractivity contribution in [1.82, 2.24) is 5.32 Å². The highest BCUT2D eigenvalue weighted by Gasteiger charge is 2.07. The van der Waals surface area contributed by atoms with E-state index < -0.39 is 8.80 Å². The molecule has 0 aromatic carbocycles. The number of carbonyl (C=O) groups excluding carboxylic acids is 1. The molecule has 1 radical (unpaired) electrons. The summed E-state index contributed by atoms with van der Waals surface area (Å²) in [6, 6.07) is 0. The van der Waals surface area contributed by atoms with Gasteiger partial charge in [-0.2, -0.15) is 0 Å². The molecular formula is C7H16NOSi. The number of hydrogen-bond donors (Lipinski definition) is 1. The van der Waals surface area contributed by atoms with Crippen LogP contribution in [-0.2, 0) is 0 Å². The van der Waals surface area contributed by atoms with Crippen LogP contribution in [0.2, 0.25) is 13.1 Å². The zero-order chi connectivity index (χ0) is 8.15. The fourth-order valence-electron chi connectivity index (χ4n) is 0.474. The summed E-state index contributed by atoms with van der Waals surface area (Å²) in [7, 11) is -0.758. The lowest BCUT2D eigenvalue weighted by Gasteiger charge is -2.08. The lowest BCUT2D eigenvalue weighted by atomic mass is 10.2. The molecular weight excluding hydrogens is 142 g/mol. The molecule has 0 saturated carbocycles. The molecule has 3 heteroatoms. The van der Waals surface area contributed by atoms with Gasteiger partial charge in [0.15, 0.2) is 14.3 Å². The van der Waals surface area contributed by atoms with Gasteiger partial charge in [-0.05, 0) is 5.92 Å². The van der Waals surface area contributed by atoms with Crippen LogP contribution in [0.3, 0.4) is 0 Å². The lowest BCUT2D eigenvalue weighted by Crippen LogP contribution is -2.34. The molecule has 0 fully saturated rings. The van der Waals surface area contributed by atoms with Crippen molar-refractivity contribution in [2.75, 3.05) is 6.54 Å². The van der Waals surface area contributed by atoms with Gasteiger partial charge in [-0.1, -0.05) is 26.9 Å². The molecule has 0 aromatic heterocycles. The fourth-order valence-corrected chi connectivity index (χ4v) is 0.929. The molecule has 0 aliphatic heterocycles. The van der Waals surface area contributed by atoms with E-state index in [4.69, 9.17) is 0 Å². The molecule has 0 rings (SSSR count). The summed E-state index contributed by atoms with van der Waals surface area (Å²) in [5, 5.41) is 2.89. The summed E-state index contributed by atoms with van der Waals surface area (Å²) in [4.78, 5) is 11.0. The number of hydrogen-bond acceptors (Lipinski definition) is 1. The zero-order valence-corrected chi connectivity index (χ0v) is 8.19. The van der Waals surface area contributed by atoms with Crippen molar-refractivity contribution in [3.8, 4) is 0 Å². The van der Waals surface area contributed by atoms with Crippen molar-refractivity contribution < 1.29 is 4.79 Å². The Labute approximate surface area is 64.6 Å². The van der Waals surface area contributed by atoms with Crippen molar-refractivity contribution in [1.29, 1.82) is 0 Å². The van der Waals surface area contributed by atoms with E-state index in [9.17, 15) is 4.79 Å². The van der Waals surface area contributed by atoms with Crippen molar-refractivity contribution in [2.45, 2.75) is 26.9 Å². The van der Waals surface area contributed by atoms with Crippen molar-refractivity contribution >= 4 is 14.3 Å². The maximum Gasteiger partial charge on any atom is 0.189 e. The molecule has 0 saturated heterocycles. The molecule has 2 nitrogen and oxygen atoms in total. The van der Waals surface area contributed by atoms with Gasteiger partial charge in [-0.3, -0.25) is 4.79 Å². The van der Waals surface area contributed by atoms with Gasteiger partial charge in [0.25, 0.3) is 0 Å². The minimum atomic E-state index is -0.758. The summed E-state index contributed by atoms with van der Waals surface area (Å²) in [6.45, 7) is 9.01. The Morgan fingerprint density at radius 3 is 2.30 bits per heavy atom. The quantitative estimate of drug-likeness (QED) is 0.622. The SMILES string of the molecule is CC(C)CNC(=O)[Si](C)C. The van der Waals surface area contributed by atoms with Crippen LogP contribution in [0.1, 0.15) is 13.8 Å². The first-order chi connectivity index (χ1) is 4.54. The molecule has 10 heavy (non-hydrogen) atoms. The first-order valence-electron chi connectivity index (χ1n) is 3.62.